The molecular formula is C23H48S. The maximum Gasteiger partial charge on any atom is 0.0134 e. The van der Waals surface area contributed by atoms with Crippen LogP contribution < -0.4 is 0 Å². The lowest BCUT2D eigenvalue weighted by Crippen LogP contribution is -2.36. The molecule has 0 aliphatic heterocycles. The minimum atomic E-state index is 0.505. The molecule has 0 aromatic heterocycles. The lowest BCUT2D eigenvalue weighted by Gasteiger charge is -2.44. The predicted octanol–water partition coefficient (Wildman–Crippen LogP) is 8.74. The summed E-state index contributed by atoms with van der Waals surface area (Å²) in [5, 5.41) is 0.957. The number of hydrogen-bond donors (Lipinski definition) is 0. The Morgan fingerprint density at radius 2 is 1.00 bits per heavy atom. The van der Waals surface area contributed by atoms with Gasteiger partial charge in [0, 0.05) is 10.00 Å². The van der Waals surface area contributed by atoms with Gasteiger partial charge in [0.1, 0.15) is 0 Å². The number of hydrogen-bond acceptors (Lipinski definition) is 1. The molecule has 146 valence electrons. The zero-order valence-electron chi connectivity index (χ0n) is 18.5. The lowest BCUT2D eigenvalue weighted by molar-refractivity contribution is 0.138. The maximum atomic E-state index is 2.54. The molecule has 2 fully saturated rings. The van der Waals surface area contributed by atoms with Gasteiger partial charge in [-0.3, -0.25) is 0 Å². The summed E-state index contributed by atoms with van der Waals surface area (Å²) in [5.74, 6) is 1.90. The molecule has 2 aliphatic rings. The molecule has 0 aromatic carbocycles. The summed E-state index contributed by atoms with van der Waals surface area (Å²) in [5.41, 5.74) is 0.519. The Labute approximate surface area is 159 Å². The zero-order chi connectivity index (χ0) is 18.8. The topological polar surface area (TPSA) is 0 Å². The highest BCUT2D eigenvalue weighted by atomic mass is 32.2. The van der Waals surface area contributed by atoms with E-state index in [0.29, 0.717) is 10.2 Å². The minimum absolute atomic E-state index is 0.505. The van der Waals surface area contributed by atoms with Gasteiger partial charge in [0.25, 0.3) is 0 Å². The third kappa shape index (κ3) is 8.15. The van der Waals surface area contributed by atoms with Gasteiger partial charge in [0.2, 0.25) is 0 Å². The number of rotatable bonds is 3. The molecule has 2 aliphatic carbocycles. The van der Waals surface area contributed by atoms with Crippen molar-refractivity contribution in [2.24, 2.45) is 17.3 Å². The van der Waals surface area contributed by atoms with Gasteiger partial charge in [-0.05, 0) is 55.8 Å². The summed E-state index contributed by atoms with van der Waals surface area (Å²) in [4.78, 5) is 0. The molecule has 0 unspecified atom stereocenters. The maximum absolute atomic E-state index is 2.54. The molecule has 0 saturated heterocycles. The van der Waals surface area contributed by atoms with Crippen LogP contribution in [0.15, 0.2) is 0 Å². The van der Waals surface area contributed by atoms with E-state index in [9.17, 15) is 0 Å². The summed E-state index contributed by atoms with van der Waals surface area (Å²) >= 11 is 2.34. The average Bonchev–Trinajstić information content (AvgIpc) is 2.58. The molecule has 24 heavy (non-hydrogen) atoms. The molecule has 0 radical (unpaired) electrons. The zero-order valence-corrected chi connectivity index (χ0v) is 19.3. The minimum Gasteiger partial charge on any atom is -0.152 e. The summed E-state index contributed by atoms with van der Waals surface area (Å²) in [6.07, 6.45) is 13.2. The highest BCUT2D eigenvalue weighted by molar-refractivity contribution is 8.01. The van der Waals surface area contributed by atoms with Crippen LogP contribution in [0.25, 0.3) is 0 Å². The van der Waals surface area contributed by atoms with Crippen molar-refractivity contribution < 1.29 is 0 Å². The molecular weight excluding hydrogens is 308 g/mol. The van der Waals surface area contributed by atoms with Crippen molar-refractivity contribution in [3.63, 3.8) is 0 Å². The molecule has 0 aromatic rings. The predicted molar refractivity (Wildman–Crippen MR) is 116 cm³/mol. The summed E-state index contributed by atoms with van der Waals surface area (Å²) < 4.78 is 0.505. The second-order valence-corrected chi connectivity index (χ2v) is 10.9. The molecule has 0 atom stereocenters. The van der Waals surface area contributed by atoms with Crippen LogP contribution in [0.4, 0.5) is 0 Å². The van der Waals surface area contributed by atoms with Gasteiger partial charge in [-0.25, -0.2) is 0 Å². The Morgan fingerprint density at radius 3 is 1.42 bits per heavy atom. The van der Waals surface area contributed by atoms with Crippen LogP contribution in [-0.4, -0.2) is 10.00 Å². The Bertz CT molecular complexity index is 286. The van der Waals surface area contributed by atoms with Gasteiger partial charge in [0.15, 0.2) is 0 Å². The van der Waals surface area contributed by atoms with Gasteiger partial charge in [-0.1, -0.05) is 81.6 Å². The van der Waals surface area contributed by atoms with E-state index in [1.165, 1.54) is 57.8 Å². The van der Waals surface area contributed by atoms with Crippen LogP contribution in [0.2, 0.25) is 0 Å². The van der Waals surface area contributed by atoms with Crippen LogP contribution in [0.3, 0.4) is 0 Å². The molecule has 2 rings (SSSR count). The normalized spacial score (nSPS) is 25.9. The van der Waals surface area contributed by atoms with Crippen molar-refractivity contribution in [3.8, 4) is 0 Å². The smallest absolute Gasteiger partial charge is 0.0134 e. The quantitative estimate of drug-likeness (QED) is 0.487. The van der Waals surface area contributed by atoms with E-state index >= 15 is 0 Å². The average molecular weight is 357 g/mol. The fraction of sp³-hybridized carbons (Fsp3) is 1.00. The van der Waals surface area contributed by atoms with Crippen molar-refractivity contribution >= 4 is 11.8 Å². The van der Waals surface area contributed by atoms with E-state index < -0.39 is 0 Å². The molecule has 0 amide bonds. The van der Waals surface area contributed by atoms with Crippen molar-refractivity contribution in [3.05, 3.63) is 0 Å². The van der Waals surface area contributed by atoms with Crippen molar-refractivity contribution in [2.75, 3.05) is 0 Å². The van der Waals surface area contributed by atoms with Crippen LogP contribution in [0.1, 0.15) is 120 Å². The van der Waals surface area contributed by atoms with Crippen LogP contribution in [-0.2, 0) is 0 Å². The molecule has 1 heteroatoms. The van der Waals surface area contributed by atoms with Crippen LogP contribution in [0, 0.1) is 17.3 Å². The third-order valence-corrected chi connectivity index (χ3v) is 7.70. The Morgan fingerprint density at radius 1 is 0.583 bits per heavy atom. The molecule has 0 bridgehead atoms. The van der Waals surface area contributed by atoms with Gasteiger partial charge < -0.3 is 0 Å². The summed E-state index contributed by atoms with van der Waals surface area (Å²) in [7, 11) is 0. The van der Waals surface area contributed by atoms with E-state index in [-0.39, 0.29) is 0 Å². The Balaban J connectivity index is 0.00000123. The van der Waals surface area contributed by atoms with Crippen molar-refractivity contribution in [2.45, 2.75) is 130 Å². The van der Waals surface area contributed by atoms with E-state index in [1.807, 2.05) is 27.7 Å². The number of thioether (sulfide) groups is 1. The fourth-order valence-electron chi connectivity index (χ4n) is 4.36. The summed E-state index contributed by atoms with van der Waals surface area (Å²) in [6, 6.07) is 0. The van der Waals surface area contributed by atoms with E-state index in [1.54, 1.807) is 0 Å². The highest BCUT2D eigenvalue weighted by Gasteiger charge is 2.38. The van der Waals surface area contributed by atoms with Gasteiger partial charge in [0.05, 0.1) is 0 Å². The standard InChI is InChI=1S/C19H36S.2C2H6/c1-18(2,3)15-11-13-16(14-12-15)19(4,5)20-17-9-7-6-8-10-17;2*1-2/h15-17H,6-14H2,1-5H3;2*1-2H3. The fourth-order valence-corrected chi connectivity index (χ4v) is 6.22. The molecule has 0 nitrogen and oxygen atoms in total. The molecule has 0 heterocycles. The van der Waals surface area contributed by atoms with Crippen LogP contribution >= 0.6 is 11.8 Å². The summed E-state index contributed by atoms with van der Waals surface area (Å²) in [6.45, 7) is 20.4. The first kappa shape index (κ1) is 24.4. The first-order valence-electron chi connectivity index (χ1n) is 11.0. The second-order valence-electron chi connectivity index (χ2n) is 8.90. The van der Waals surface area contributed by atoms with E-state index in [2.05, 4.69) is 46.4 Å². The largest absolute Gasteiger partial charge is 0.152 e. The lowest BCUT2D eigenvalue weighted by atomic mass is 9.68. The van der Waals surface area contributed by atoms with Crippen LogP contribution in [0.5, 0.6) is 0 Å². The molecule has 2 saturated carbocycles. The first-order valence-corrected chi connectivity index (χ1v) is 11.8. The molecule has 0 N–H and O–H groups in total. The van der Waals surface area contributed by atoms with Crippen molar-refractivity contribution in [1.82, 2.24) is 0 Å². The Hall–Kier alpha value is 0.350. The van der Waals surface area contributed by atoms with Gasteiger partial charge in [-0.15, -0.1) is 0 Å². The van der Waals surface area contributed by atoms with E-state index in [4.69, 9.17) is 0 Å². The highest BCUT2D eigenvalue weighted by Crippen LogP contribution is 2.49. The van der Waals surface area contributed by atoms with Gasteiger partial charge >= 0.3 is 0 Å². The van der Waals surface area contributed by atoms with Crippen molar-refractivity contribution in [1.29, 1.82) is 0 Å². The first-order chi connectivity index (χ1) is 11.3. The molecule has 0 spiro atoms. The Kier molecular flexibility index (Phi) is 12.0. The SMILES string of the molecule is CC.CC.CC(C)(C)C1CCC(C(C)(C)SC2CCCCC2)CC1. The van der Waals surface area contributed by atoms with Gasteiger partial charge in [-0.2, -0.15) is 11.8 Å². The van der Waals surface area contributed by atoms with E-state index in [0.717, 1.165) is 17.1 Å². The third-order valence-electron chi connectivity index (χ3n) is 5.96. The monoisotopic (exact) mass is 356 g/mol. The second kappa shape index (κ2) is 11.9.